The monoisotopic (exact) mass is 353 g/mol. The van der Waals surface area contributed by atoms with Crippen molar-refractivity contribution >= 4 is 34.8 Å². The zero-order valence-electron chi connectivity index (χ0n) is 13.0. The van der Waals surface area contributed by atoms with E-state index in [9.17, 15) is 4.79 Å². The number of benzene rings is 2. The van der Waals surface area contributed by atoms with Crippen LogP contribution in [0.3, 0.4) is 0 Å². The SMILES string of the molecule is COc1ccc(NC(=O)[C@@H](C)Oc2ccc(Cl)cc2C)cc1Cl. The predicted octanol–water partition coefficient (Wildman–Crippen LogP) is 4.72. The number of carbonyl (C=O) groups excluding carboxylic acids is 1. The average Bonchev–Trinajstić information content (AvgIpc) is 2.50. The highest BCUT2D eigenvalue weighted by atomic mass is 35.5. The molecule has 0 spiro atoms. The number of amides is 1. The number of methoxy groups -OCH3 is 1. The molecule has 0 radical (unpaired) electrons. The average molecular weight is 354 g/mol. The fourth-order valence-electron chi connectivity index (χ4n) is 1.98. The van der Waals surface area contributed by atoms with Crippen molar-refractivity contribution in [2.45, 2.75) is 20.0 Å². The van der Waals surface area contributed by atoms with Crippen LogP contribution in [-0.2, 0) is 4.79 Å². The normalized spacial score (nSPS) is 11.7. The number of aryl methyl sites for hydroxylation is 1. The third kappa shape index (κ3) is 4.53. The quantitative estimate of drug-likeness (QED) is 0.845. The molecule has 0 saturated carbocycles. The van der Waals surface area contributed by atoms with E-state index in [1.165, 1.54) is 7.11 Å². The summed E-state index contributed by atoms with van der Waals surface area (Å²) in [6.45, 7) is 3.55. The van der Waals surface area contributed by atoms with Gasteiger partial charge in [-0.05, 0) is 55.8 Å². The summed E-state index contributed by atoms with van der Waals surface area (Å²) in [4.78, 5) is 12.2. The second kappa shape index (κ2) is 7.57. The van der Waals surface area contributed by atoms with E-state index in [0.717, 1.165) is 5.56 Å². The first-order chi connectivity index (χ1) is 10.9. The van der Waals surface area contributed by atoms with E-state index in [-0.39, 0.29) is 5.91 Å². The molecule has 0 saturated heterocycles. The molecule has 0 aliphatic rings. The summed E-state index contributed by atoms with van der Waals surface area (Å²) in [6.07, 6.45) is -0.671. The van der Waals surface area contributed by atoms with E-state index < -0.39 is 6.10 Å². The number of carbonyl (C=O) groups is 1. The zero-order valence-corrected chi connectivity index (χ0v) is 14.5. The van der Waals surface area contributed by atoms with Gasteiger partial charge in [0.1, 0.15) is 11.5 Å². The van der Waals surface area contributed by atoms with Crippen LogP contribution in [0.1, 0.15) is 12.5 Å². The highest BCUT2D eigenvalue weighted by Gasteiger charge is 2.16. The Bertz CT molecular complexity index is 719. The lowest BCUT2D eigenvalue weighted by molar-refractivity contribution is -0.122. The van der Waals surface area contributed by atoms with Gasteiger partial charge in [-0.3, -0.25) is 4.79 Å². The lowest BCUT2D eigenvalue weighted by atomic mass is 10.2. The summed E-state index contributed by atoms with van der Waals surface area (Å²) >= 11 is 11.9. The molecule has 1 N–H and O–H groups in total. The third-order valence-corrected chi connectivity index (χ3v) is 3.76. The Morgan fingerprint density at radius 2 is 1.83 bits per heavy atom. The summed E-state index contributed by atoms with van der Waals surface area (Å²) in [5, 5.41) is 3.80. The molecule has 0 aliphatic carbocycles. The lowest BCUT2D eigenvalue weighted by Gasteiger charge is -2.16. The van der Waals surface area contributed by atoms with Crippen molar-refractivity contribution in [2.24, 2.45) is 0 Å². The van der Waals surface area contributed by atoms with Gasteiger partial charge in [-0.2, -0.15) is 0 Å². The first kappa shape index (κ1) is 17.4. The molecule has 0 bridgehead atoms. The molecule has 23 heavy (non-hydrogen) atoms. The molecular formula is C17H17Cl2NO3. The van der Waals surface area contributed by atoms with Crippen molar-refractivity contribution in [1.82, 2.24) is 0 Å². The summed E-state index contributed by atoms with van der Waals surface area (Å²) in [5.74, 6) is 0.885. The molecular weight excluding hydrogens is 337 g/mol. The third-order valence-electron chi connectivity index (χ3n) is 3.23. The Kier molecular flexibility index (Phi) is 5.74. The molecule has 1 atom stereocenters. The number of anilines is 1. The number of rotatable bonds is 5. The maximum absolute atomic E-state index is 12.2. The summed E-state index contributed by atoms with van der Waals surface area (Å²) in [6, 6.07) is 10.3. The van der Waals surface area contributed by atoms with Gasteiger partial charge in [-0.25, -0.2) is 0 Å². The molecule has 2 rings (SSSR count). The van der Waals surface area contributed by atoms with Crippen molar-refractivity contribution in [3.8, 4) is 11.5 Å². The molecule has 0 unspecified atom stereocenters. The van der Waals surface area contributed by atoms with Crippen LogP contribution in [0, 0.1) is 6.92 Å². The second-order valence-corrected chi connectivity index (χ2v) is 5.85. The van der Waals surface area contributed by atoms with Crippen molar-refractivity contribution in [3.63, 3.8) is 0 Å². The first-order valence-corrected chi connectivity index (χ1v) is 7.73. The topological polar surface area (TPSA) is 47.6 Å². The Labute approximate surface area is 145 Å². The Balaban J connectivity index is 2.03. The molecule has 2 aromatic rings. The molecule has 2 aromatic carbocycles. The minimum Gasteiger partial charge on any atom is -0.495 e. The Hall–Kier alpha value is -1.91. The summed E-state index contributed by atoms with van der Waals surface area (Å²) < 4.78 is 10.8. The summed E-state index contributed by atoms with van der Waals surface area (Å²) in [7, 11) is 1.53. The Morgan fingerprint density at radius 3 is 2.43 bits per heavy atom. The first-order valence-electron chi connectivity index (χ1n) is 6.98. The molecule has 122 valence electrons. The number of nitrogens with one attached hydrogen (secondary N) is 1. The fraction of sp³-hybridized carbons (Fsp3) is 0.235. The van der Waals surface area contributed by atoms with Crippen molar-refractivity contribution in [1.29, 1.82) is 0 Å². The smallest absolute Gasteiger partial charge is 0.265 e. The van der Waals surface area contributed by atoms with Crippen molar-refractivity contribution in [2.75, 3.05) is 12.4 Å². The van der Waals surface area contributed by atoms with Crippen LogP contribution in [0.4, 0.5) is 5.69 Å². The fourth-order valence-corrected chi connectivity index (χ4v) is 2.46. The van der Waals surface area contributed by atoms with E-state index in [1.807, 2.05) is 6.92 Å². The lowest BCUT2D eigenvalue weighted by Crippen LogP contribution is -2.30. The summed E-state index contributed by atoms with van der Waals surface area (Å²) in [5.41, 5.74) is 1.44. The maximum Gasteiger partial charge on any atom is 0.265 e. The highest BCUT2D eigenvalue weighted by molar-refractivity contribution is 6.32. The van der Waals surface area contributed by atoms with Gasteiger partial charge < -0.3 is 14.8 Å². The zero-order chi connectivity index (χ0) is 17.0. The maximum atomic E-state index is 12.2. The van der Waals surface area contributed by atoms with Gasteiger partial charge in [-0.1, -0.05) is 23.2 Å². The van der Waals surface area contributed by atoms with Gasteiger partial charge in [0.05, 0.1) is 12.1 Å². The standard InChI is InChI=1S/C17H17Cl2NO3/c1-10-8-12(18)4-6-15(10)23-11(2)17(21)20-13-5-7-16(22-3)14(19)9-13/h4-9,11H,1-3H3,(H,20,21)/t11-/m1/s1. The van der Waals surface area contributed by atoms with E-state index in [0.29, 0.717) is 27.2 Å². The second-order valence-electron chi connectivity index (χ2n) is 5.01. The van der Waals surface area contributed by atoms with Crippen LogP contribution >= 0.6 is 23.2 Å². The number of ether oxygens (including phenoxy) is 2. The van der Waals surface area contributed by atoms with Gasteiger partial charge in [0, 0.05) is 10.7 Å². The predicted molar refractivity (Wildman–Crippen MR) is 92.9 cm³/mol. The van der Waals surface area contributed by atoms with Crippen LogP contribution in [0.15, 0.2) is 36.4 Å². The molecule has 6 heteroatoms. The highest BCUT2D eigenvalue weighted by Crippen LogP contribution is 2.27. The van der Waals surface area contributed by atoms with Crippen LogP contribution in [-0.4, -0.2) is 19.1 Å². The van der Waals surface area contributed by atoms with Crippen LogP contribution in [0.5, 0.6) is 11.5 Å². The van der Waals surface area contributed by atoms with Gasteiger partial charge in [0.15, 0.2) is 6.10 Å². The molecule has 4 nitrogen and oxygen atoms in total. The van der Waals surface area contributed by atoms with Gasteiger partial charge >= 0.3 is 0 Å². The molecule has 0 fully saturated rings. The molecule has 0 aliphatic heterocycles. The molecule has 0 heterocycles. The Morgan fingerprint density at radius 1 is 1.13 bits per heavy atom. The van der Waals surface area contributed by atoms with Crippen molar-refractivity contribution < 1.29 is 14.3 Å². The van der Waals surface area contributed by atoms with E-state index >= 15 is 0 Å². The number of hydrogen-bond acceptors (Lipinski definition) is 3. The molecule has 0 aromatic heterocycles. The van der Waals surface area contributed by atoms with E-state index in [4.69, 9.17) is 32.7 Å². The minimum atomic E-state index is -0.671. The van der Waals surface area contributed by atoms with Gasteiger partial charge in [0.2, 0.25) is 0 Å². The molecule has 1 amide bonds. The van der Waals surface area contributed by atoms with Crippen LogP contribution < -0.4 is 14.8 Å². The number of halogens is 2. The van der Waals surface area contributed by atoms with Gasteiger partial charge in [0.25, 0.3) is 5.91 Å². The van der Waals surface area contributed by atoms with E-state index in [1.54, 1.807) is 43.3 Å². The van der Waals surface area contributed by atoms with Crippen LogP contribution in [0.2, 0.25) is 10.0 Å². The van der Waals surface area contributed by atoms with Gasteiger partial charge in [-0.15, -0.1) is 0 Å². The van der Waals surface area contributed by atoms with E-state index in [2.05, 4.69) is 5.32 Å². The van der Waals surface area contributed by atoms with Crippen molar-refractivity contribution in [3.05, 3.63) is 52.0 Å². The largest absolute Gasteiger partial charge is 0.495 e. The number of hydrogen-bond donors (Lipinski definition) is 1. The minimum absolute atomic E-state index is 0.277. The van der Waals surface area contributed by atoms with Crippen LogP contribution in [0.25, 0.3) is 0 Å².